The molecule has 1 aromatic heterocycles. The first kappa shape index (κ1) is 15.9. The molecule has 25 heavy (non-hydrogen) atoms. The number of aromatic nitrogens is 1. The summed E-state index contributed by atoms with van der Waals surface area (Å²) in [4.78, 5) is 21.4. The zero-order valence-electron chi connectivity index (χ0n) is 14.5. The summed E-state index contributed by atoms with van der Waals surface area (Å²) in [6.45, 7) is 5.17. The Kier molecular flexibility index (Phi) is 4.30. The highest BCUT2D eigenvalue weighted by Crippen LogP contribution is 2.30. The average Bonchev–Trinajstić information content (AvgIpc) is 3.46. The van der Waals surface area contributed by atoms with E-state index in [4.69, 9.17) is 4.74 Å². The second-order valence-electron chi connectivity index (χ2n) is 6.75. The maximum atomic E-state index is 12.9. The van der Waals surface area contributed by atoms with Crippen LogP contribution in [0.2, 0.25) is 0 Å². The highest BCUT2D eigenvalue weighted by Gasteiger charge is 2.28. The lowest BCUT2D eigenvalue weighted by atomic mass is 10.1. The number of hydrogen-bond donors (Lipinski definition) is 0. The van der Waals surface area contributed by atoms with Crippen molar-refractivity contribution in [3.05, 3.63) is 53.9 Å². The number of nitrogens with zero attached hydrogens (tertiary/aromatic N) is 3. The summed E-state index contributed by atoms with van der Waals surface area (Å²) in [5.74, 6) is 0.791. The van der Waals surface area contributed by atoms with Gasteiger partial charge < -0.3 is 14.5 Å². The van der Waals surface area contributed by atoms with Crippen molar-refractivity contribution in [2.75, 3.05) is 31.1 Å². The molecule has 0 spiro atoms. The highest BCUT2D eigenvalue weighted by atomic mass is 16.5. The van der Waals surface area contributed by atoms with Crippen molar-refractivity contribution in [1.82, 2.24) is 9.88 Å². The Hall–Kier alpha value is -2.56. The SMILES string of the molecule is Cc1ccncc1N1CCN(C(=O)c2ccccc2OC2CC2)CC1. The van der Waals surface area contributed by atoms with E-state index in [0.717, 1.165) is 37.4 Å². The van der Waals surface area contributed by atoms with Crippen LogP contribution in [0.5, 0.6) is 5.75 Å². The maximum absolute atomic E-state index is 12.9. The minimum absolute atomic E-state index is 0.0683. The van der Waals surface area contributed by atoms with Crippen LogP contribution in [0.1, 0.15) is 28.8 Å². The quantitative estimate of drug-likeness (QED) is 0.861. The van der Waals surface area contributed by atoms with E-state index in [1.54, 1.807) is 0 Å². The third kappa shape index (κ3) is 3.45. The number of para-hydroxylation sites is 1. The Morgan fingerprint density at radius 2 is 1.88 bits per heavy atom. The van der Waals surface area contributed by atoms with Crippen LogP contribution in [0, 0.1) is 6.92 Å². The fraction of sp³-hybridized carbons (Fsp3) is 0.400. The molecule has 0 N–H and O–H groups in total. The van der Waals surface area contributed by atoms with Crippen molar-refractivity contribution in [3.8, 4) is 5.75 Å². The Morgan fingerprint density at radius 1 is 1.12 bits per heavy atom. The number of pyridine rings is 1. The van der Waals surface area contributed by atoms with Crippen molar-refractivity contribution < 1.29 is 9.53 Å². The van der Waals surface area contributed by atoms with Crippen LogP contribution >= 0.6 is 0 Å². The van der Waals surface area contributed by atoms with Gasteiger partial charge in [-0.2, -0.15) is 0 Å². The van der Waals surface area contributed by atoms with Gasteiger partial charge in [-0.1, -0.05) is 12.1 Å². The molecule has 1 amide bonds. The van der Waals surface area contributed by atoms with Crippen molar-refractivity contribution in [3.63, 3.8) is 0 Å². The summed E-state index contributed by atoms with van der Waals surface area (Å²) >= 11 is 0. The molecule has 1 saturated carbocycles. The molecule has 0 atom stereocenters. The molecule has 0 radical (unpaired) electrons. The fourth-order valence-corrected chi connectivity index (χ4v) is 3.22. The van der Waals surface area contributed by atoms with Crippen LogP contribution in [0.4, 0.5) is 5.69 Å². The molecule has 1 aliphatic heterocycles. The van der Waals surface area contributed by atoms with E-state index in [-0.39, 0.29) is 5.91 Å². The molecule has 0 bridgehead atoms. The van der Waals surface area contributed by atoms with Crippen molar-refractivity contribution in [2.24, 2.45) is 0 Å². The molecule has 2 aromatic rings. The van der Waals surface area contributed by atoms with Crippen LogP contribution in [-0.2, 0) is 0 Å². The number of aryl methyl sites for hydroxylation is 1. The van der Waals surface area contributed by atoms with E-state index in [2.05, 4.69) is 16.8 Å². The normalized spacial score (nSPS) is 17.5. The van der Waals surface area contributed by atoms with Gasteiger partial charge in [0.15, 0.2) is 0 Å². The zero-order chi connectivity index (χ0) is 17.2. The lowest BCUT2D eigenvalue weighted by molar-refractivity contribution is 0.0742. The second-order valence-corrected chi connectivity index (χ2v) is 6.75. The summed E-state index contributed by atoms with van der Waals surface area (Å²) in [5.41, 5.74) is 3.06. The third-order valence-corrected chi connectivity index (χ3v) is 4.85. The largest absolute Gasteiger partial charge is 0.490 e. The first-order valence-corrected chi connectivity index (χ1v) is 8.93. The molecular weight excluding hydrogens is 314 g/mol. The summed E-state index contributed by atoms with van der Waals surface area (Å²) in [6, 6.07) is 9.64. The number of anilines is 1. The van der Waals surface area contributed by atoms with Gasteiger partial charge >= 0.3 is 0 Å². The monoisotopic (exact) mass is 337 g/mol. The molecular formula is C20H23N3O2. The number of carbonyl (C=O) groups is 1. The number of rotatable bonds is 4. The molecule has 2 heterocycles. The Morgan fingerprint density at radius 3 is 2.60 bits per heavy atom. The van der Waals surface area contributed by atoms with Crippen LogP contribution in [-0.4, -0.2) is 48.1 Å². The predicted octanol–water partition coefficient (Wildman–Crippen LogP) is 2.89. The Bertz CT molecular complexity index is 765. The topological polar surface area (TPSA) is 45.7 Å². The lowest BCUT2D eigenvalue weighted by Gasteiger charge is -2.36. The number of ether oxygens (including phenoxy) is 1. The van der Waals surface area contributed by atoms with E-state index in [1.165, 1.54) is 5.56 Å². The number of piperazine rings is 1. The molecule has 2 fully saturated rings. The molecule has 1 aromatic carbocycles. The molecule has 5 nitrogen and oxygen atoms in total. The zero-order valence-corrected chi connectivity index (χ0v) is 14.5. The third-order valence-electron chi connectivity index (χ3n) is 4.85. The van der Waals surface area contributed by atoms with E-state index in [0.29, 0.717) is 24.8 Å². The number of amides is 1. The van der Waals surface area contributed by atoms with Crippen LogP contribution in [0.3, 0.4) is 0 Å². The fourth-order valence-electron chi connectivity index (χ4n) is 3.22. The average molecular weight is 337 g/mol. The maximum Gasteiger partial charge on any atom is 0.257 e. The lowest BCUT2D eigenvalue weighted by Crippen LogP contribution is -2.49. The summed E-state index contributed by atoms with van der Waals surface area (Å²) < 4.78 is 5.91. The van der Waals surface area contributed by atoms with Crippen molar-refractivity contribution >= 4 is 11.6 Å². The molecule has 130 valence electrons. The minimum atomic E-state index is 0.0683. The summed E-state index contributed by atoms with van der Waals surface area (Å²) in [6.07, 6.45) is 6.19. The second kappa shape index (κ2) is 6.75. The molecule has 1 saturated heterocycles. The molecule has 5 heteroatoms. The smallest absolute Gasteiger partial charge is 0.257 e. The van der Waals surface area contributed by atoms with Gasteiger partial charge in [-0.25, -0.2) is 0 Å². The number of carbonyl (C=O) groups excluding carboxylic acids is 1. The minimum Gasteiger partial charge on any atom is -0.490 e. The summed E-state index contributed by atoms with van der Waals surface area (Å²) in [5, 5.41) is 0. The van der Waals surface area contributed by atoms with E-state index in [9.17, 15) is 4.79 Å². The Labute approximate surface area is 148 Å². The van der Waals surface area contributed by atoms with Crippen LogP contribution < -0.4 is 9.64 Å². The van der Waals surface area contributed by atoms with Crippen molar-refractivity contribution in [1.29, 1.82) is 0 Å². The summed E-state index contributed by atoms with van der Waals surface area (Å²) in [7, 11) is 0. The first-order valence-electron chi connectivity index (χ1n) is 8.93. The first-order chi connectivity index (χ1) is 12.2. The van der Waals surface area contributed by atoms with Gasteiger partial charge in [0.1, 0.15) is 5.75 Å². The van der Waals surface area contributed by atoms with Gasteiger partial charge in [0, 0.05) is 32.4 Å². The van der Waals surface area contributed by atoms with Gasteiger partial charge in [-0.15, -0.1) is 0 Å². The molecule has 4 rings (SSSR count). The van der Waals surface area contributed by atoms with E-state index in [1.807, 2.05) is 47.6 Å². The number of hydrogen-bond acceptors (Lipinski definition) is 4. The number of benzene rings is 1. The highest BCUT2D eigenvalue weighted by molar-refractivity contribution is 5.97. The molecule has 2 aliphatic rings. The molecule has 0 unspecified atom stereocenters. The molecule has 1 aliphatic carbocycles. The van der Waals surface area contributed by atoms with Gasteiger partial charge in [-0.05, 0) is 43.5 Å². The van der Waals surface area contributed by atoms with Gasteiger partial charge in [0.2, 0.25) is 0 Å². The van der Waals surface area contributed by atoms with Gasteiger partial charge in [-0.3, -0.25) is 9.78 Å². The van der Waals surface area contributed by atoms with E-state index < -0.39 is 0 Å². The van der Waals surface area contributed by atoms with Crippen LogP contribution in [0.25, 0.3) is 0 Å². The van der Waals surface area contributed by atoms with Crippen LogP contribution in [0.15, 0.2) is 42.7 Å². The standard InChI is InChI=1S/C20H23N3O2/c1-15-8-9-21-14-18(15)22-10-12-23(13-11-22)20(24)17-4-2-3-5-19(17)25-16-6-7-16/h2-5,8-9,14,16H,6-7,10-13H2,1H3. The predicted molar refractivity (Wildman–Crippen MR) is 97.2 cm³/mol. The van der Waals surface area contributed by atoms with Gasteiger partial charge in [0.25, 0.3) is 5.91 Å². The van der Waals surface area contributed by atoms with Gasteiger partial charge in [0.05, 0.1) is 23.6 Å². The Balaban J connectivity index is 1.44. The van der Waals surface area contributed by atoms with E-state index >= 15 is 0 Å². The van der Waals surface area contributed by atoms with Crippen molar-refractivity contribution in [2.45, 2.75) is 25.9 Å².